The van der Waals surface area contributed by atoms with Crippen LogP contribution in [0, 0.1) is 18.7 Å². The summed E-state index contributed by atoms with van der Waals surface area (Å²) in [6, 6.07) is 8.49. The van der Waals surface area contributed by atoms with Crippen molar-refractivity contribution in [2.24, 2.45) is 5.92 Å². The molecule has 2 aliphatic heterocycles. The van der Waals surface area contributed by atoms with Crippen LogP contribution in [0.5, 0.6) is 11.5 Å². The van der Waals surface area contributed by atoms with Crippen LogP contribution < -0.4 is 9.47 Å². The van der Waals surface area contributed by atoms with E-state index in [4.69, 9.17) is 9.47 Å². The number of carbonyl (C=O) groups is 2. The molecule has 3 aromatic rings. The summed E-state index contributed by atoms with van der Waals surface area (Å²) in [5.74, 6) is 0.199. The summed E-state index contributed by atoms with van der Waals surface area (Å²) in [6.45, 7) is 3.41. The van der Waals surface area contributed by atoms with Gasteiger partial charge in [0, 0.05) is 43.1 Å². The molecule has 2 aliphatic rings. The van der Waals surface area contributed by atoms with Gasteiger partial charge in [0.1, 0.15) is 23.9 Å². The van der Waals surface area contributed by atoms with Crippen molar-refractivity contribution in [2.75, 3.05) is 26.3 Å². The number of hydrogen-bond acceptors (Lipinski definition) is 6. The Morgan fingerprint density at radius 3 is 3.00 bits per heavy atom. The lowest BCUT2D eigenvalue weighted by molar-refractivity contribution is -0.121. The number of aromatic nitrogens is 1. The highest BCUT2D eigenvalue weighted by Crippen LogP contribution is 2.30. The Kier molecular flexibility index (Phi) is 4.66. The van der Waals surface area contributed by atoms with E-state index in [0.717, 1.165) is 21.0 Å². The lowest BCUT2D eigenvalue weighted by Crippen LogP contribution is -2.52. The van der Waals surface area contributed by atoms with Crippen molar-refractivity contribution in [3.05, 3.63) is 52.3 Å². The summed E-state index contributed by atoms with van der Waals surface area (Å²) in [6.07, 6.45) is 0.162. The van der Waals surface area contributed by atoms with Gasteiger partial charge >= 0.3 is 0 Å². The number of carbonyl (C=O) groups excluding carboxylic acids is 2. The maximum Gasteiger partial charge on any atom is 0.256 e. The van der Waals surface area contributed by atoms with Crippen LogP contribution in [0.4, 0.5) is 4.39 Å². The topological polar surface area (TPSA) is 68.7 Å². The highest BCUT2D eigenvalue weighted by molar-refractivity contribution is 7.18. The van der Waals surface area contributed by atoms with E-state index in [0.29, 0.717) is 31.0 Å². The second-order valence-electron chi connectivity index (χ2n) is 7.69. The molecule has 0 bridgehead atoms. The van der Waals surface area contributed by atoms with E-state index in [1.807, 2.05) is 25.1 Å². The number of ketones is 1. The molecule has 0 aliphatic carbocycles. The van der Waals surface area contributed by atoms with E-state index < -0.39 is 5.82 Å². The number of ether oxygens (including phenoxy) is 2. The van der Waals surface area contributed by atoms with Gasteiger partial charge in [0.15, 0.2) is 5.78 Å². The van der Waals surface area contributed by atoms with Crippen LogP contribution in [0.1, 0.15) is 20.9 Å². The summed E-state index contributed by atoms with van der Waals surface area (Å²) in [7, 11) is 0. The van der Waals surface area contributed by atoms with Crippen LogP contribution in [-0.2, 0) is 11.2 Å². The Morgan fingerprint density at radius 1 is 1.33 bits per heavy atom. The molecule has 154 valence electrons. The largest absolute Gasteiger partial charge is 0.493 e. The molecule has 0 N–H and O–H groups in total. The van der Waals surface area contributed by atoms with Crippen LogP contribution >= 0.6 is 11.3 Å². The minimum absolute atomic E-state index is 0.0178. The lowest BCUT2D eigenvalue weighted by Gasteiger charge is -2.39. The molecule has 0 saturated carbocycles. The molecule has 1 amide bonds. The Bertz CT molecular complexity index is 1170. The number of hydrogen-bond donors (Lipinski definition) is 0. The zero-order valence-electron chi connectivity index (χ0n) is 16.3. The fraction of sp³-hybridized carbons (Fsp3) is 0.318. The Labute approximate surface area is 176 Å². The normalized spacial score (nSPS) is 16.2. The smallest absolute Gasteiger partial charge is 0.256 e. The van der Waals surface area contributed by atoms with Gasteiger partial charge in [-0.05, 0) is 25.1 Å². The molecule has 8 heteroatoms. The summed E-state index contributed by atoms with van der Waals surface area (Å²) in [4.78, 5) is 30.3. The molecule has 0 spiro atoms. The summed E-state index contributed by atoms with van der Waals surface area (Å²) < 4.78 is 26.6. The molecule has 6 nitrogen and oxygen atoms in total. The van der Waals surface area contributed by atoms with E-state index in [2.05, 4.69) is 4.98 Å². The molecule has 3 heterocycles. The third-order valence-corrected chi connectivity index (χ3v) is 6.30. The zero-order valence-corrected chi connectivity index (χ0v) is 17.1. The molecule has 1 saturated heterocycles. The van der Waals surface area contributed by atoms with E-state index in [1.165, 1.54) is 12.1 Å². The number of aryl methyl sites for hydroxylation is 1. The number of likely N-dealkylation sites (tertiary alicyclic amines) is 1. The third-order valence-electron chi connectivity index (χ3n) is 5.35. The van der Waals surface area contributed by atoms with Crippen LogP contribution in [-0.4, -0.2) is 47.9 Å². The maximum absolute atomic E-state index is 14.4. The molecule has 0 atom stereocenters. The van der Waals surface area contributed by atoms with Gasteiger partial charge in [-0.3, -0.25) is 9.59 Å². The first-order valence-electron chi connectivity index (χ1n) is 9.72. The van der Waals surface area contributed by atoms with Gasteiger partial charge in [-0.2, -0.15) is 0 Å². The first kappa shape index (κ1) is 19.0. The van der Waals surface area contributed by atoms with E-state index >= 15 is 0 Å². The Hall–Kier alpha value is -3.00. The van der Waals surface area contributed by atoms with Crippen molar-refractivity contribution >= 4 is 33.2 Å². The SMILES string of the molecule is Cc1nc2cc(OCC3CN(C(=O)c4cc5c(cc4F)OCC(=O)C5)C3)ccc2s1. The van der Waals surface area contributed by atoms with Crippen molar-refractivity contribution < 1.29 is 23.5 Å². The van der Waals surface area contributed by atoms with Gasteiger partial charge in [0.2, 0.25) is 0 Å². The highest BCUT2D eigenvalue weighted by atomic mass is 32.1. The minimum Gasteiger partial charge on any atom is -0.493 e. The van der Waals surface area contributed by atoms with Gasteiger partial charge in [-0.1, -0.05) is 0 Å². The quantitative estimate of drug-likeness (QED) is 0.640. The lowest BCUT2D eigenvalue weighted by atomic mass is 9.97. The molecule has 0 radical (unpaired) electrons. The van der Waals surface area contributed by atoms with Gasteiger partial charge in [0.05, 0.1) is 27.4 Å². The van der Waals surface area contributed by atoms with E-state index in [1.54, 1.807) is 16.2 Å². The van der Waals surface area contributed by atoms with Crippen molar-refractivity contribution in [2.45, 2.75) is 13.3 Å². The first-order valence-corrected chi connectivity index (χ1v) is 10.5. The van der Waals surface area contributed by atoms with Crippen LogP contribution in [0.3, 0.4) is 0 Å². The Morgan fingerprint density at radius 2 is 2.17 bits per heavy atom. The van der Waals surface area contributed by atoms with E-state index in [-0.39, 0.29) is 36.2 Å². The second kappa shape index (κ2) is 7.36. The van der Waals surface area contributed by atoms with Crippen LogP contribution in [0.2, 0.25) is 0 Å². The number of amides is 1. The monoisotopic (exact) mass is 426 g/mol. The number of halogens is 1. The molecule has 1 fully saturated rings. The van der Waals surface area contributed by atoms with Crippen LogP contribution in [0.25, 0.3) is 10.2 Å². The van der Waals surface area contributed by atoms with Gasteiger partial charge in [-0.25, -0.2) is 9.37 Å². The third kappa shape index (κ3) is 3.52. The first-order chi connectivity index (χ1) is 14.5. The number of nitrogens with zero attached hydrogens (tertiary/aromatic N) is 2. The fourth-order valence-electron chi connectivity index (χ4n) is 3.80. The standard InChI is InChI=1S/C22H19FN2O4S/c1-12-24-19-6-16(2-3-21(19)30-12)28-10-13-8-25(9-13)22(27)17-5-14-4-15(26)11-29-20(14)7-18(17)23/h2-3,5-7,13H,4,8-11H2,1H3. The molecule has 1 aromatic heterocycles. The minimum atomic E-state index is -0.625. The Balaban J connectivity index is 1.19. The summed E-state index contributed by atoms with van der Waals surface area (Å²) in [5.41, 5.74) is 1.46. The van der Waals surface area contributed by atoms with Crippen LogP contribution in [0.15, 0.2) is 30.3 Å². The van der Waals surface area contributed by atoms with Gasteiger partial charge < -0.3 is 14.4 Å². The summed E-state index contributed by atoms with van der Waals surface area (Å²) >= 11 is 1.64. The maximum atomic E-state index is 14.4. The van der Waals surface area contributed by atoms with Crippen molar-refractivity contribution in [3.8, 4) is 11.5 Å². The predicted molar refractivity (Wildman–Crippen MR) is 110 cm³/mol. The number of Topliss-reactive ketones (excluding diaryl/α,β-unsaturated/α-hetero) is 1. The second-order valence-corrected chi connectivity index (χ2v) is 8.93. The average molecular weight is 426 g/mol. The highest BCUT2D eigenvalue weighted by Gasteiger charge is 2.33. The predicted octanol–water partition coefficient (Wildman–Crippen LogP) is 3.40. The molecular weight excluding hydrogens is 407 g/mol. The molecular formula is C22H19FN2O4S. The molecule has 2 aromatic carbocycles. The zero-order chi connectivity index (χ0) is 20.8. The van der Waals surface area contributed by atoms with Gasteiger partial charge in [-0.15, -0.1) is 11.3 Å². The number of rotatable bonds is 4. The van der Waals surface area contributed by atoms with Crippen molar-refractivity contribution in [1.29, 1.82) is 0 Å². The van der Waals surface area contributed by atoms with Crippen molar-refractivity contribution in [3.63, 3.8) is 0 Å². The number of thiazole rings is 1. The molecule has 30 heavy (non-hydrogen) atoms. The number of fused-ring (bicyclic) bond motifs is 2. The van der Waals surface area contributed by atoms with Crippen molar-refractivity contribution in [1.82, 2.24) is 9.88 Å². The van der Waals surface area contributed by atoms with Gasteiger partial charge in [0.25, 0.3) is 5.91 Å². The average Bonchev–Trinajstić information content (AvgIpc) is 3.05. The molecule has 0 unspecified atom stereocenters. The molecule has 5 rings (SSSR count). The summed E-state index contributed by atoms with van der Waals surface area (Å²) in [5, 5.41) is 1.01. The fourth-order valence-corrected chi connectivity index (χ4v) is 4.60. The number of benzene rings is 2. The van der Waals surface area contributed by atoms with E-state index in [9.17, 15) is 14.0 Å².